The first kappa shape index (κ1) is 18.3. The van der Waals surface area contributed by atoms with Gasteiger partial charge in [0.15, 0.2) is 0 Å². The number of hydrogen-bond acceptors (Lipinski definition) is 6. The maximum atomic E-state index is 13.0. The topological polar surface area (TPSA) is 57.0 Å². The van der Waals surface area contributed by atoms with Crippen molar-refractivity contribution in [1.82, 2.24) is 14.5 Å². The summed E-state index contributed by atoms with van der Waals surface area (Å²) in [5, 5.41) is 3.76. The van der Waals surface area contributed by atoms with Crippen LogP contribution in [-0.4, -0.2) is 21.6 Å². The van der Waals surface area contributed by atoms with E-state index >= 15 is 0 Å². The van der Waals surface area contributed by atoms with Crippen LogP contribution in [0.5, 0.6) is 5.75 Å². The molecular weight excluding hydrogens is 402 g/mol. The summed E-state index contributed by atoms with van der Waals surface area (Å²) in [6.45, 7) is 4.72. The second kappa shape index (κ2) is 6.93. The smallest absolute Gasteiger partial charge is 0.262 e. The van der Waals surface area contributed by atoms with Gasteiger partial charge in [0.05, 0.1) is 18.2 Å². The van der Waals surface area contributed by atoms with Crippen molar-refractivity contribution in [2.24, 2.45) is 0 Å². The van der Waals surface area contributed by atoms with Crippen molar-refractivity contribution >= 4 is 44.5 Å². The predicted octanol–water partition coefficient (Wildman–Crippen LogP) is 5.15. The van der Waals surface area contributed by atoms with Gasteiger partial charge in [0.1, 0.15) is 21.4 Å². The van der Waals surface area contributed by atoms with Gasteiger partial charge in [-0.3, -0.25) is 9.36 Å². The van der Waals surface area contributed by atoms with E-state index in [1.165, 1.54) is 0 Å². The largest absolute Gasteiger partial charge is 0.497 e. The summed E-state index contributed by atoms with van der Waals surface area (Å²) in [4.78, 5) is 24.6. The number of methoxy groups -OCH3 is 1. The van der Waals surface area contributed by atoms with Crippen LogP contribution in [0.3, 0.4) is 0 Å². The average molecular weight is 422 g/mol. The fraction of sp³-hybridized carbons (Fsp3) is 0.227. The van der Waals surface area contributed by atoms with E-state index in [1.54, 1.807) is 29.8 Å². The number of allylic oxidation sites excluding steroid dienone is 1. The number of thiophene rings is 1. The highest BCUT2D eigenvalue weighted by molar-refractivity contribution is 7.18. The van der Waals surface area contributed by atoms with Gasteiger partial charge in [-0.2, -0.15) is 0 Å². The lowest BCUT2D eigenvalue weighted by Crippen LogP contribution is -2.20. The molecule has 0 saturated heterocycles. The van der Waals surface area contributed by atoms with Gasteiger partial charge in [0.2, 0.25) is 0 Å². The molecule has 0 fully saturated rings. The van der Waals surface area contributed by atoms with Crippen LogP contribution in [0.15, 0.2) is 34.4 Å². The van der Waals surface area contributed by atoms with E-state index in [4.69, 9.17) is 14.7 Å². The van der Waals surface area contributed by atoms with Crippen LogP contribution in [0.25, 0.3) is 32.4 Å². The molecule has 0 saturated carbocycles. The van der Waals surface area contributed by atoms with Crippen LogP contribution >= 0.6 is 22.7 Å². The molecule has 4 heterocycles. The zero-order valence-electron chi connectivity index (χ0n) is 16.4. The highest BCUT2D eigenvalue weighted by Crippen LogP contribution is 2.33. The molecule has 4 aromatic rings. The Morgan fingerprint density at radius 1 is 1.24 bits per heavy atom. The monoisotopic (exact) mass is 421 g/mol. The summed E-state index contributed by atoms with van der Waals surface area (Å²) in [5.41, 5.74) is 4.12. The molecule has 0 atom stereocenters. The fourth-order valence-corrected chi connectivity index (χ4v) is 5.47. The quantitative estimate of drug-likeness (QED) is 0.459. The Morgan fingerprint density at radius 2 is 2.10 bits per heavy atom. The Hall–Kier alpha value is -2.77. The summed E-state index contributed by atoms with van der Waals surface area (Å²) < 4.78 is 7.12. The van der Waals surface area contributed by atoms with E-state index in [0.29, 0.717) is 6.54 Å². The van der Waals surface area contributed by atoms with Crippen molar-refractivity contribution in [3.63, 3.8) is 0 Å². The van der Waals surface area contributed by atoms with Crippen molar-refractivity contribution in [3.8, 4) is 16.3 Å². The second-order valence-electron chi connectivity index (χ2n) is 7.08. The van der Waals surface area contributed by atoms with Gasteiger partial charge in [0.25, 0.3) is 5.56 Å². The third kappa shape index (κ3) is 3.01. The van der Waals surface area contributed by atoms with Gasteiger partial charge in [-0.05, 0) is 49.6 Å². The zero-order chi connectivity index (χ0) is 20.1. The molecule has 0 bridgehead atoms. The molecular formula is C22H19N3O2S2. The number of ether oxygens (including phenoxy) is 1. The molecule has 29 heavy (non-hydrogen) atoms. The molecule has 0 radical (unpaired) electrons. The minimum atomic E-state index is 0.0746. The van der Waals surface area contributed by atoms with Gasteiger partial charge in [-0.15, -0.1) is 22.7 Å². The zero-order valence-corrected chi connectivity index (χ0v) is 18.0. The maximum Gasteiger partial charge on any atom is 0.262 e. The highest BCUT2D eigenvalue weighted by Gasteiger charge is 2.23. The van der Waals surface area contributed by atoms with E-state index in [1.807, 2.05) is 48.1 Å². The molecule has 0 amide bonds. The molecule has 0 unspecified atom stereocenters. The normalized spacial score (nSPS) is 14.7. The molecule has 1 aliphatic heterocycles. The summed E-state index contributed by atoms with van der Waals surface area (Å²) in [6, 6.07) is 7.91. The van der Waals surface area contributed by atoms with Crippen LogP contribution in [0.4, 0.5) is 0 Å². The van der Waals surface area contributed by atoms with Crippen LogP contribution in [0.2, 0.25) is 0 Å². The number of fused-ring (bicyclic) bond motifs is 2. The van der Waals surface area contributed by atoms with Gasteiger partial charge in [0, 0.05) is 22.4 Å². The average Bonchev–Trinajstić information content (AvgIpc) is 3.42. The maximum absolute atomic E-state index is 13.0. The Balaban J connectivity index is 1.55. The highest BCUT2D eigenvalue weighted by atomic mass is 32.1. The van der Waals surface area contributed by atoms with Gasteiger partial charge in [-0.25, -0.2) is 9.97 Å². The minimum Gasteiger partial charge on any atom is -0.497 e. The lowest BCUT2D eigenvalue weighted by molar-refractivity contribution is 0.415. The first-order chi connectivity index (χ1) is 14.0. The number of benzene rings is 1. The Morgan fingerprint density at radius 3 is 2.93 bits per heavy atom. The van der Waals surface area contributed by atoms with Gasteiger partial charge >= 0.3 is 0 Å². The van der Waals surface area contributed by atoms with Crippen LogP contribution < -0.4 is 10.3 Å². The number of aromatic nitrogens is 3. The molecule has 0 spiro atoms. The van der Waals surface area contributed by atoms with Gasteiger partial charge in [-0.1, -0.05) is 12.1 Å². The standard InChI is InChI=1S/C22H19N3O2S2/c1-12-13(2)29-21-18(12)22(26)25-8-7-14(19(25)24-21)9-16-11-28-20(23-16)15-5-4-6-17(10-15)27-3/h4-6,9-11H,7-8H2,1-3H3/b14-9-. The number of nitrogens with zero attached hydrogens (tertiary/aromatic N) is 3. The molecule has 146 valence electrons. The molecule has 7 heteroatoms. The Labute approximate surface area is 176 Å². The second-order valence-corrected chi connectivity index (χ2v) is 9.15. The molecule has 5 rings (SSSR count). The molecule has 5 nitrogen and oxygen atoms in total. The lowest BCUT2D eigenvalue weighted by Gasteiger charge is -2.03. The Kier molecular flexibility index (Phi) is 4.37. The van der Waals surface area contributed by atoms with Crippen molar-refractivity contribution in [1.29, 1.82) is 0 Å². The molecule has 0 aliphatic carbocycles. The van der Waals surface area contributed by atoms with Crippen molar-refractivity contribution in [2.75, 3.05) is 7.11 Å². The van der Waals surface area contributed by atoms with Crippen molar-refractivity contribution in [3.05, 3.63) is 62.0 Å². The molecule has 1 aromatic carbocycles. The fourth-order valence-electron chi connectivity index (χ4n) is 3.68. The van der Waals surface area contributed by atoms with E-state index in [0.717, 1.165) is 60.5 Å². The van der Waals surface area contributed by atoms with E-state index in [9.17, 15) is 4.79 Å². The Bertz CT molecular complexity index is 1340. The van der Waals surface area contributed by atoms with E-state index < -0.39 is 0 Å². The van der Waals surface area contributed by atoms with Crippen molar-refractivity contribution in [2.45, 2.75) is 26.8 Å². The first-order valence-electron chi connectivity index (χ1n) is 9.36. The summed E-state index contributed by atoms with van der Waals surface area (Å²) >= 11 is 3.19. The third-order valence-electron chi connectivity index (χ3n) is 5.34. The summed E-state index contributed by atoms with van der Waals surface area (Å²) in [6.07, 6.45) is 2.86. The van der Waals surface area contributed by atoms with E-state index in [2.05, 4.69) is 6.08 Å². The number of rotatable bonds is 3. The number of thiazole rings is 1. The third-order valence-corrected chi connectivity index (χ3v) is 7.35. The van der Waals surface area contributed by atoms with Crippen LogP contribution in [-0.2, 0) is 6.54 Å². The van der Waals surface area contributed by atoms with E-state index in [-0.39, 0.29) is 5.56 Å². The van der Waals surface area contributed by atoms with Crippen molar-refractivity contribution < 1.29 is 4.74 Å². The van der Waals surface area contributed by atoms with Gasteiger partial charge < -0.3 is 4.74 Å². The summed E-state index contributed by atoms with van der Waals surface area (Å²) in [5.74, 6) is 1.59. The minimum absolute atomic E-state index is 0.0746. The predicted molar refractivity (Wildman–Crippen MR) is 120 cm³/mol. The summed E-state index contributed by atoms with van der Waals surface area (Å²) in [7, 11) is 1.66. The number of hydrogen-bond donors (Lipinski definition) is 0. The SMILES string of the molecule is COc1cccc(-c2nc(/C=C3/CCn4c3nc3sc(C)c(C)c3c4=O)cs2)c1. The molecule has 1 aliphatic rings. The molecule has 0 N–H and O–H groups in total. The lowest BCUT2D eigenvalue weighted by atomic mass is 10.2. The number of aryl methyl sites for hydroxylation is 2. The molecule has 3 aromatic heterocycles. The van der Waals surface area contributed by atoms with Crippen LogP contribution in [0, 0.1) is 13.8 Å². The first-order valence-corrected chi connectivity index (χ1v) is 11.1. The van der Waals surface area contributed by atoms with Crippen LogP contribution in [0.1, 0.15) is 28.4 Å².